The van der Waals surface area contributed by atoms with Gasteiger partial charge >= 0.3 is 12.3 Å². The van der Waals surface area contributed by atoms with Gasteiger partial charge in [-0.2, -0.15) is 13.2 Å². The summed E-state index contributed by atoms with van der Waals surface area (Å²) in [4.78, 5) is 10.8. The highest BCUT2D eigenvalue weighted by molar-refractivity contribution is 5.59. The molecule has 4 atom stereocenters. The summed E-state index contributed by atoms with van der Waals surface area (Å²) in [6, 6.07) is 0. The first-order valence-corrected chi connectivity index (χ1v) is 5.89. The zero-order valence-corrected chi connectivity index (χ0v) is 9.94. The standard InChI is InChI=1S/C12H15F3O3/c1-17-11(16)18-10(12(13,14)15)6-9-5-7-2-3-8(9)4-7/h2-3,7-10H,4-6H2,1H3. The van der Waals surface area contributed by atoms with E-state index in [1.54, 1.807) is 0 Å². The third-order valence-corrected chi connectivity index (χ3v) is 3.70. The molecule has 0 amide bonds. The van der Waals surface area contributed by atoms with Crippen LogP contribution in [0.4, 0.5) is 18.0 Å². The van der Waals surface area contributed by atoms with Gasteiger partial charge in [0, 0.05) is 0 Å². The lowest BCUT2D eigenvalue weighted by atomic mass is 9.88. The molecule has 2 rings (SSSR count). The molecular weight excluding hydrogens is 249 g/mol. The van der Waals surface area contributed by atoms with Crippen molar-refractivity contribution in [3.8, 4) is 0 Å². The van der Waals surface area contributed by atoms with Gasteiger partial charge in [-0.25, -0.2) is 4.79 Å². The van der Waals surface area contributed by atoms with Crippen LogP contribution in [-0.2, 0) is 9.47 Å². The lowest BCUT2D eigenvalue weighted by molar-refractivity contribution is -0.213. The number of hydrogen-bond donors (Lipinski definition) is 0. The van der Waals surface area contributed by atoms with E-state index in [1.165, 1.54) is 0 Å². The molecule has 3 nitrogen and oxygen atoms in total. The van der Waals surface area contributed by atoms with E-state index >= 15 is 0 Å². The van der Waals surface area contributed by atoms with Crippen molar-refractivity contribution in [2.75, 3.05) is 7.11 Å². The molecule has 6 heteroatoms. The predicted octanol–water partition coefficient (Wildman–Crippen LogP) is 3.30. The Kier molecular flexibility index (Phi) is 3.54. The maximum absolute atomic E-state index is 12.8. The second-order valence-corrected chi connectivity index (χ2v) is 4.88. The number of halogens is 3. The Morgan fingerprint density at radius 1 is 1.39 bits per heavy atom. The number of fused-ring (bicyclic) bond motifs is 2. The van der Waals surface area contributed by atoms with Gasteiger partial charge in [0.25, 0.3) is 0 Å². The van der Waals surface area contributed by atoms with E-state index in [4.69, 9.17) is 0 Å². The predicted molar refractivity (Wildman–Crippen MR) is 56.8 cm³/mol. The summed E-state index contributed by atoms with van der Waals surface area (Å²) in [5.41, 5.74) is 0. The Balaban J connectivity index is 1.97. The number of hydrogen-bond acceptors (Lipinski definition) is 3. The number of alkyl halides is 3. The van der Waals surface area contributed by atoms with Gasteiger partial charge in [0.2, 0.25) is 6.10 Å². The zero-order chi connectivity index (χ0) is 13.3. The van der Waals surface area contributed by atoms with Gasteiger partial charge in [-0.1, -0.05) is 12.2 Å². The molecule has 0 spiro atoms. The van der Waals surface area contributed by atoms with Crippen molar-refractivity contribution in [1.29, 1.82) is 0 Å². The number of ether oxygens (including phenoxy) is 2. The van der Waals surface area contributed by atoms with Crippen LogP contribution in [-0.4, -0.2) is 25.5 Å². The Morgan fingerprint density at radius 2 is 2.11 bits per heavy atom. The second kappa shape index (κ2) is 4.82. The monoisotopic (exact) mass is 264 g/mol. The summed E-state index contributed by atoms with van der Waals surface area (Å²) in [5.74, 6) is 0.532. The van der Waals surface area contributed by atoms with Crippen molar-refractivity contribution in [3.05, 3.63) is 12.2 Å². The summed E-state index contributed by atoms with van der Waals surface area (Å²) in [6.07, 6.45) is -2.36. The number of carbonyl (C=O) groups is 1. The number of carbonyl (C=O) groups excluding carboxylic acids is 1. The van der Waals surface area contributed by atoms with Gasteiger partial charge < -0.3 is 9.47 Å². The normalized spacial score (nSPS) is 31.4. The van der Waals surface area contributed by atoms with E-state index in [2.05, 4.69) is 15.5 Å². The summed E-state index contributed by atoms with van der Waals surface area (Å²) in [5, 5.41) is 0. The summed E-state index contributed by atoms with van der Waals surface area (Å²) < 4.78 is 46.7. The lowest BCUT2D eigenvalue weighted by Crippen LogP contribution is -2.36. The van der Waals surface area contributed by atoms with E-state index in [0.717, 1.165) is 20.0 Å². The van der Waals surface area contributed by atoms with E-state index in [1.807, 2.05) is 6.08 Å². The van der Waals surface area contributed by atoms with Crippen molar-refractivity contribution >= 4 is 6.16 Å². The highest BCUT2D eigenvalue weighted by Gasteiger charge is 2.47. The molecule has 18 heavy (non-hydrogen) atoms. The van der Waals surface area contributed by atoms with Crippen LogP contribution in [0, 0.1) is 17.8 Å². The molecule has 1 fully saturated rings. The minimum absolute atomic E-state index is 0.0590. The van der Waals surface area contributed by atoms with Gasteiger partial charge in [0.05, 0.1) is 7.11 Å². The first kappa shape index (κ1) is 13.2. The number of allylic oxidation sites excluding steroid dienone is 2. The average Bonchev–Trinajstić information content (AvgIpc) is 2.88. The maximum Gasteiger partial charge on any atom is 0.508 e. The Hall–Kier alpha value is -1.20. The first-order valence-electron chi connectivity index (χ1n) is 5.89. The molecule has 1 saturated carbocycles. The van der Waals surface area contributed by atoms with Crippen LogP contribution in [0.2, 0.25) is 0 Å². The van der Waals surface area contributed by atoms with E-state index in [0.29, 0.717) is 5.92 Å². The van der Waals surface area contributed by atoms with Crippen LogP contribution in [0.5, 0.6) is 0 Å². The van der Waals surface area contributed by atoms with E-state index in [9.17, 15) is 18.0 Å². The molecular formula is C12H15F3O3. The fourth-order valence-corrected chi connectivity index (χ4v) is 2.85. The van der Waals surface area contributed by atoms with Gasteiger partial charge in [-0.15, -0.1) is 0 Å². The van der Waals surface area contributed by atoms with Crippen molar-refractivity contribution in [2.45, 2.75) is 31.5 Å². The first-order chi connectivity index (χ1) is 8.40. The third-order valence-electron chi connectivity index (χ3n) is 3.70. The summed E-state index contributed by atoms with van der Waals surface area (Å²) in [6.45, 7) is 0. The molecule has 0 aromatic carbocycles. The summed E-state index contributed by atoms with van der Waals surface area (Å²) >= 11 is 0. The van der Waals surface area contributed by atoms with Gasteiger partial charge in [0.15, 0.2) is 0 Å². The molecule has 0 N–H and O–H groups in total. The maximum atomic E-state index is 12.8. The zero-order valence-electron chi connectivity index (χ0n) is 9.94. The number of rotatable bonds is 3. The Labute approximate surface area is 103 Å². The average molecular weight is 264 g/mol. The molecule has 102 valence electrons. The molecule has 2 aliphatic carbocycles. The Morgan fingerprint density at radius 3 is 2.56 bits per heavy atom. The molecule has 0 aromatic heterocycles. The number of methoxy groups -OCH3 is 1. The highest BCUT2D eigenvalue weighted by atomic mass is 19.4. The van der Waals surface area contributed by atoms with Crippen molar-refractivity contribution in [1.82, 2.24) is 0 Å². The van der Waals surface area contributed by atoms with Crippen LogP contribution >= 0.6 is 0 Å². The molecule has 2 bridgehead atoms. The lowest BCUT2D eigenvalue weighted by Gasteiger charge is -2.25. The second-order valence-electron chi connectivity index (χ2n) is 4.88. The molecule has 0 heterocycles. The Bertz CT molecular complexity index is 351. The van der Waals surface area contributed by atoms with Gasteiger partial charge in [0.1, 0.15) is 0 Å². The molecule has 0 saturated heterocycles. The minimum atomic E-state index is -4.54. The van der Waals surface area contributed by atoms with Gasteiger partial charge in [-0.3, -0.25) is 0 Å². The van der Waals surface area contributed by atoms with E-state index < -0.39 is 18.4 Å². The molecule has 0 aliphatic heterocycles. The van der Waals surface area contributed by atoms with Crippen molar-refractivity contribution in [3.63, 3.8) is 0 Å². The quantitative estimate of drug-likeness (QED) is 0.579. The van der Waals surface area contributed by atoms with Gasteiger partial charge in [-0.05, 0) is 37.0 Å². The molecule has 4 unspecified atom stereocenters. The topological polar surface area (TPSA) is 35.5 Å². The molecule has 0 aromatic rings. The smallest absolute Gasteiger partial charge is 0.438 e. The molecule has 0 radical (unpaired) electrons. The molecule has 2 aliphatic rings. The van der Waals surface area contributed by atoms with Crippen LogP contribution in [0.15, 0.2) is 12.2 Å². The summed E-state index contributed by atoms with van der Waals surface area (Å²) in [7, 11) is 0.996. The van der Waals surface area contributed by atoms with Crippen molar-refractivity contribution < 1.29 is 27.4 Å². The minimum Gasteiger partial charge on any atom is -0.438 e. The van der Waals surface area contributed by atoms with Crippen LogP contribution < -0.4 is 0 Å². The fraction of sp³-hybridized carbons (Fsp3) is 0.750. The van der Waals surface area contributed by atoms with Crippen LogP contribution in [0.3, 0.4) is 0 Å². The highest BCUT2D eigenvalue weighted by Crippen LogP contribution is 2.46. The van der Waals surface area contributed by atoms with Crippen LogP contribution in [0.25, 0.3) is 0 Å². The third kappa shape index (κ3) is 2.79. The SMILES string of the molecule is COC(=O)OC(CC1CC2C=CC1C2)C(F)(F)F. The van der Waals surface area contributed by atoms with E-state index in [-0.39, 0.29) is 18.3 Å². The largest absolute Gasteiger partial charge is 0.508 e. The fourth-order valence-electron chi connectivity index (χ4n) is 2.85. The van der Waals surface area contributed by atoms with Crippen LogP contribution in [0.1, 0.15) is 19.3 Å². The van der Waals surface area contributed by atoms with Crippen molar-refractivity contribution in [2.24, 2.45) is 17.8 Å².